The summed E-state index contributed by atoms with van der Waals surface area (Å²) in [4.78, 5) is 1.02. The second-order valence-corrected chi connectivity index (χ2v) is 6.03. The van der Waals surface area contributed by atoms with Crippen molar-refractivity contribution in [1.82, 2.24) is 19.4 Å². The van der Waals surface area contributed by atoms with E-state index < -0.39 is 0 Å². The van der Waals surface area contributed by atoms with Crippen molar-refractivity contribution in [2.24, 2.45) is 5.73 Å². The molecule has 2 heterocycles. The molecule has 1 unspecified atom stereocenters. The second kappa shape index (κ2) is 5.79. The van der Waals surface area contributed by atoms with Gasteiger partial charge < -0.3 is 5.73 Å². The van der Waals surface area contributed by atoms with E-state index in [1.165, 1.54) is 43.6 Å². The van der Waals surface area contributed by atoms with Crippen LogP contribution in [-0.4, -0.2) is 19.4 Å². The fourth-order valence-corrected chi connectivity index (χ4v) is 3.20. The molecule has 5 nitrogen and oxygen atoms in total. The summed E-state index contributed by atoms with van der Waals surface area (Å²) in [6.07, 6.45) is 11.1. The number of nitrogens with two attached hydrogens (primary N) is 1. The van der Waals surface area contributed by atoms with E-state index in [1.54, 1.807) is 6.20 Å². The van der Waals surface area contributed by atoms with Crippen LogP contribution in [0.4, 0.5) is 0 Å². The van der Waals surface area contributed by atoms with Crippen LogP contribution in [0.1, 0.15) is 54.8 Å². The largest absolute Gasteiger partial charge is 0.323 e. The number of hydrogen-bond acceptors (Lipinski definition) is 5. The quantitative estimate of drug-likeness (QED) is 0.932. The first-order valence-corrected chi connectivity index (χ1v) is 7.67. The van der Waals surface area contributed by atoms with Gasteiger partial charge in [0, 0.05) is 18.7 Å². The van der Waals surface area contributed by atoms with E-state index in [9.17, 15) is 0 Å². The van der Waals surface area contributed by atoms with Crippen molar-refractivity contribution < 1.29 is 0 Å². The molecule has 19 heavy (non-hydrogen) atoms. The molecule has 2 N–H and O–H groups in total. The van der Waals surface area contributed by atoms with Crippen molar-refractivity contribution in [2.75, 3.05) is 0 Å². The highest BCUT2D eigenvalue weighted by molar-refractivity contribution is 7.05. The minimum atomic E-state index is -0.0466. The van der Waals surface area contributed by atoms with Crippen molar-refractivity contribution in [2.45, 2.75) is 50.6 Å². The monoisotopic (exact) mass is 277 g/mol. The van der Waals surface area contributed by atoms with Gasteiger partial charge in [0.15, 0.2) is 0 Å². The Kier molecular flexibility index (Phi) is 3.89. The van der Waals surface area contributed by atoms with Crippen LogP contribution in [0.25, 0.3) is 0 Å². The van der Waals surface area contributed by atoms with Crippen LogP contribution in [0.5, 0.6) is 0 Å². The topological polar surface area (TPSA) is 69.6 Å². The van der Waals surface area contributed by atoms with Crippen LogP contribution in [-0.2, 0) is 6.42 Å². The lowest BCUT2D eigenvalue weighted by atomic mass is 9.96. The second-order valence-electron chi connectivity index (χ2n) is 5.21. The minimum Gasteiger partial charge on any atom is -0.323 e. The molecule has 102 valence electrons. The first-order chi connectivity index (χ1) is 9.33. The van der Waals surface area contributed by atoms with E-state index in [2.05, 4.69) is 31.6 Å². The van der Waals surface area contributed by atoms with Gasteiger partial charge in [-0.1, -0.05) is 23.8 Å². The normalized spacial score (nSPS) is 18.6. The van der Waals surface area contributed by atoms with Gasteiger partial charge >= 0.3 is 0 Å². The summed E-state index contributed by atoms with van der Waals surface area (Å²) in [6, 6.07) is 2.63. The molecule has 1 aliphatic carbocycles. The molecule has 1 atom stereocenters. The molecule has 1 saturated carbocycles. The Morgan fingerprint density at radius 1 is 1.37 bits per heavy atom. The number of nitrogens with zero attached hydrogens (tertiary/aromatic N) is 4. The maximum absolute atomic E-state index is 6.14. The summed E-state index contributed by atoms with van der Waals surface area (Å²) in [5.74, 6) is 0. The highest BCUT2D eigenvalue weighted by atomic mass is 32.1. The Balaban J connectivity index is 1.64. The predicted octanol–water partition coefficient (Wildman–Crippen LogP) is 2.48. The third kappa shape index (κ3) is 3.01. The van der Waals surface area contributed by atoms with Crippen molar-refractivity contribution in [1.29, 1.82) is 0 Å². The molecule has 0 amide bonds. The van der Waals surface area contributed by atoms with E-state index in [-0.39, 0.29) is 6.04 Å². The van der Waals surface area contributed by atoms with Crippen LogP contribution < -0.4 is 5.73 Å². The van der Waals surface area contributed by atoms with Gasteiger partial charge in [-0.25, -0.2) is 0 Å². The molecule has 1 fully saturated rings. The summed E-state index contributed by atoms with van der Waals surface area (Å²) < 4.78 is 5.98. The van der Waals surface area contributed by atoms with Gasteiger partial charge in [0.05, 0.1) is 22.8 Å². The maximum atomic E-state index is 6.14. The average molecular weight is 277 g/mol. The fourth-order valence-electron chi connectivity index (χ4n) is 2.70. The van der Waals surface area contributed by atoms with Gasteiger partial charge in [-0.2, -0.15) is 5.10 Å². The van der Waals surface area contributed by atoms with Gasteiger partial charge in [-0.15, -0.1) is 5.10 Å². The van der Waals surface area contributed by atoms with E-state index in [0.717, 1.165) is 17.0 Å². The highest BCUT2D eigenvalue weighted by Gasteiger charge is 2.17. The van der Waals surface area contributed by atoms with Gasteiger partial charge in [0.25, 0.3) is 0 Å². The smallest absolute Gasteiger partial charge is 0.0669 e. The Labute approximate surface area is 117 Å². The molecule has 0 bridgehead atoms. The zero-order valence-electron chi connectivity index (χ0n) is 10.9. The molecule has 6 heteroatoms. The first kappa shape index (κ1) is 12.7. The maximum Gasteiger partial charge on any atom is 0.0669 e. The van der Waals surface area contributed by atoms with E-state index in [1.807, 2.05) is 0 Å². The number of aromatic nitrogens is 4. The molecule has 0 radical (unpaired) electrons. The van der Waals surface area contributed by atoms with Gasteiger partial charge in [0.1, 0.15) is 0 Å². The van der Waals surface area contributed by atoms with Crippen molar-refractivity contribution in [3.63, 3.8) is 0 Å². The molecule has 1 aliphatic rings. The molecule has 0 saturated heterocycles. The summed E-state index contributed by atoms with van der Waals surface area (Å²) in [6.45, 7) is 0. The van der Waals surface area contributed by atoms with E-state index in [0.29, 0.717) is 6.04 Å². The zero-order chi connectivity index (χ0) is 13.1. The number of hydrogen-bond donors (Lipinski definition) is 1. The zero-order valence-corrected chi connectivity index (χ0v) is 11.7. The highest BCUT2D eigenvalue weighted by Crippen LogP contribution is 2.27. The molecule has 2 aromatic heterocycles. The molecule has 2 aromatic rings. The molecule has 0 aliphatic heterocycles. The Morgan fingerprint density at radius 2 is 2.21 bits per heavy atom. The average Bonchev–Trinajstić information content (AvgIpc) is 3.11. The van der Waals surface area contributed by atoms with Gasteiger partial charge in [-0.3, -0.25) is 4.68 Å². The summed E-state index contributed by atoms with van der Waals surface area (Å²) in [7, 11) is 0. The summed E-state index contributed by atoms with van der Waals surface area (Å²) in [5.41, 5.74) is 7.20. The van der Waals surface area contributed by atoms with Gasteiger partial charge in [0.2, 0.25) is 0 Å². The standard InChI is InChI=1S/C13H19N5S/c14-12(13-9-15-17-19-13)8-10-6-7-18(16-10)11-4-2-1-3-5-11/h6-7,9,11-12H,1-5,8,14H2. The van der Waals surface area contributed by atoms with Crippen LogP contribution in [0, 0.1) is 0 Å². The van der Waals surface area contributed by atoms with Crippen LogP contribution in [0.3, 0.4) is 0 Å². The Hall–Kier alpha value is -1.27. The fraction of sp³-hybridized carbons (Fsp3) is 0.615. The van der Waals surface area contributed by atoms with Crippen molar-refractivity contribution >= 4 is 11.5 Å². The Morgan fingerprint density at radius 3 is 2.95 bits per heavy atom. The lowest BCUT2D eigenvalue weighted by Crippen LogP contribution is -2.15. The molecule has 0 aromatic carbocycles. The molecular formula is C13H19N5S. The third-order valence-corrected chi connectivity index (χ3v) is 4.58. The van der Waals surface area contributed by atoms with Crippen LogP contribution >= 0.6 is 11.5 Å². The van der Waals surface area contributed by atoms with Crippen LogP contribution in [0.2, 0.25) is 0 Å². The molecule has 0 spiro atoms. The van der Waals surface area contributed by atoms with Crippen molar-refractivity contribution in [3.8, 4) is 0 Å². The third-order valence-electron chi connectivity index (χ3n) is 3.79. The summed E-state index contributed by atoms with van der Waals surface area (Å²) >= 11 is 1.36. The van der Waals surface area contributed by atoms with E-state index in [4.69, 9.17) is 5.73 Å². The van der Waals surface area contributed by atoms with Crippen molar-refractivity contribution in [3.05, 3.63) is 29.0 Å². The lowest BCUT2D eigenvalue weighted by molar-refractivity contribution is 0.328. The lowest BCUT2D eigenvalue weighted by Gasteiger charge is -2.21. The predicted molar refractivity (Wildman–Crippen MR) is 74.9 cm³/mol. The number of rotatable bonds is 4. The molecular weight excluding hydrogens is 258 g/mol. The molecule has 3 rings (SSSR count). The summed E-state index contributed by atoms with van der Waals surface area (Å²) in [5, 5.41) is 8.51. The SMILES string of the molecule is NC(Cc1ccn(C2CCCCC2)n1)c1cnns1. The first-order valence-electron chi connectivity index (χ1n) is 6.90. The van der Waals surface area contributed by atoms with Crippen LogP contribution in [0.15, 0.2) is 18.5 Å². The van der Waals surface area contributed by atoms with E-state index >= 15 is 0 Å². The Bertz CT molecular complexity index is 501. The minimum absolute atomic E-state index is 0.0466. The van der Waals surface area contributed by atoms with Gasteiger partial charge in [-0.05, 0) is 30.4 Å².